The van der Waals surface area contributed by atoms with Crippen molar-refractivity contribution in [3.05, 3.63) is 48.0 Å². The van der Waals surface area contributed by atoms with Crippen LogP contribution in [0, 0.1) is 0 Å². The van der Waals surface area contributed by atoms with E-state index in [1.54, 1.807) is 0 Å². The van der Waals surface area contributed by atoms with Crippen LogP contribution in [0.25, 0.3) is 10.8 Å². The van der Waals surface area contributed by atoms with Crippen LogP contribution >= 0.6 is 0 Å². The summed E-state index contributed by atoms with van der Waals surface area (Å²) in [6.45, 7) is 1.82. The Kier molecular flexibility index (Phi) is 4.10. The molecule has 2 rings (SSSR count). The van der Waals surface area contributed by atoms with Gasteiger partial charge in [0.2, 0.25) is 0 Å². The van der Waals surface area contributed by atoms with Crippen LogP contribution in [0.1, 0.15) is 24.9 Å². The maximum Gasteiger partial charge on any atom is 0.390 e. The molecule has 0 amide bonds. The van der Waals surface area contributed by atoms with Gasteiger partial charge in [-0.3, -0.25) is 0 Å². The molecule has 1 atom stereocenters. The van der Waals surface area contributed by atoms with Crippen molar-refractivity contribution >= 4 is 10.8 Å². The second-order valence-electron chi connectivity index (χ2n) is 4.65. The molecule has 0 spiro atoms. The first kappa shape index (κ1) is 13.9. The molecule has 102 valence electrons. The molecule has 0 saturated heterocycles. The Labute approximate surface area is 110 Å². The van der Waals surface area contributed by atoms with Crippen molar-refractivity contribution in [2.75, 3.05) is 6.54 Å². The van der Waals surface area contributed by atoms with Gasteiger partial charge < -0.3 is 5.32 Å². The third-order valence-electron chi connectivity index (χ3n) is 3.13. The summed E-state index contributed by atoms with van der Waals surface area (Å²) >= 11 is 0. The molecule has 0 radical (unpaired) electrons. The van der Waals surface area contributed by atoms with Gasteiger partial charge in [0.25, 0.3) is 0 Å². The van der Waals surface area contributed by atoms with Crippen LogP contribution in [0.4, 0.5) is 13.2 Å². The van der Waals surface area contributed by atoms with Crippen molar-refractivity contribution in [3.63, 3.8) is 0 Å². The molecule has 2 aromatic rings. The fourth-order valence-electron chi connectivity index (χ4n) is 2.03. The third kappa shape index (κ3) is 3.96. The second-order valence-corrected chi connectivity index (χ2v) is 4.65. The van der Waals surface area contributed by atoms with Gasteiger partial charge in [-0.15, -0.1) is 0 Å². The monoisotopic (exact) mass is 267 g/mol. The van der Waals surface area contributed by atoms with E-state index in [2.05, 4.69) is 5.32 Å². The molecule has 0 aliphatic heterocycles. The van der Waals surface area contributed by atoms with Gasteiger partial charge >= 0.3 is 6.18 Å². The van der Waals surface area contributed by atoms with Crippen molar-refractivity contribution < 1.29 is 13.2 Å². The van der Waals surface area contributed by atoms with E-state index >= 15 is 0 Å². The first-order valence-electron chi connectivity index (χ1n) is 6.24. The standard InChI is InChI=1S/C15H16F3N/c1-11(19-9-8-15(16,17)18)13-7-6-12-4-2-3-5-14(12)10-13/h2-7,10-11,19H,8-9H2,1H3. The van der Waals surface area contributed by atoms with Gasteiger partial charge in [0.15, 0.2) is 0 Å². The van der Waals surface area contributed by atoms with Crippen molar-refractivity contribution in [2.24, 2.45) is 0 Å². The SMILES string of the molecule is CC(NCCC(F)(F)F)c1ccc2ccccc2c1. The summed E-state index contributed by atoms with van der Waals surface area (Å²) in [7, 11) is 0. The fraction of sp³-hybridized carbons (Fsp3) is 0.333. The summed E-state index contributed by atoms with van der Waals surface area (Å²) in [6.07, 6.45) is -4.90. The van der Waals surface area contributed by atoms with Crippen LogP contribution in [-0.2, 0) is 0 Å². The normalized spacial score (nSPS) is 13.7. The smallest absolute Gasteiger partial charge is 0.310 e. The molecular weight excluding hydrogens is 251 g/mol. The van der Waals surface area contributed by atoms with Crippen LogP contribution in [0.5, 0.6) is 0 Å². The summed E-state index contributed by atoms with van der Waals surface area (Å²) in [5, 5.41) is 5.13. The summed E-state index contributed by atoms with van der Waals surface area (Å²) in [5.74, 6) is 0. The molecule has 0 saturated carbocycles. The molecule has 0 bridgehead atoms. The number of hydrogen-bond acceptors (Lipinski definition) is 1. The van der Waals surface area contributed by atoms with E-state index in [0.29, 0.717) is 0 Å². The van der Waals surface area contributed by atoms with E-state index in [0.717, 1.165) is 16.3 Å². The summed E-state index contributed by atoms with van der Waals surface area (Å²) in [6, 6.07) is 13.8. The average Bonchev–Trinajstić information content (AvgIpc) is 2.36. The Morgan fingerprint density at radius 3 is 2.42 bits per heavy atom. The summed E-state index contributed by atoms with van der Waals surface area (Å²) in [5.41, 5.74) is 1.00. The number of alkyl halides is 3. The van der Waals surface area contributed by atoms with Gasteiger partial charge in [0.1, 0.15) is 0 Å². The number of rotatable bonds is 4. The highest BCUT2D eigenvalue weighted by atomic mass is 19.4. The van der Waals surface area contributed by atoms with Gasteiger partial charge in [-0.05, 0) is 29.3 Å². The zero-order valence-corrected chi connectivity index (χ0v) is 10.7. The van der Waals surface area contributed by atoms with Crippen molar-refractivity contribution in [2.45, 2.75) is 25.6 Å². The number of benzene rings is 2. The van der Waals surface area contributed by atoms with Crippen molar-refractivity contribution in [3.8, 4) is 0 Å². The molecule has 0 heterocycles. The molecule has 19 heavy (non-hydrogen) atoms. The highest BCUT2D eigenvalue weighted by molar-refractivity contribution is 5.83. The Bertz CT molecular complexity index is 548. The minimum atomic E-state index is -4.10. The molecule has 0 fully saturated rings. The van der Waals surface area contributed by atoms with Crippen LogP contribution in [-0.4, -0.2) is 12.7 Å². The summed E-state index contributed by atoms with van der Waals surface area (Å²) in [4.78, 5) is 0. The molecule has 0 aromatic heterocycles. The minimum Gasteiger partial charge on any atom is -0.310 e. The van der Waals surface area contributed by atoms with Crippen LogP contribution < -0.4 is 5.32 Å². The molecule has 1 unspecified atom stereocenters. The minimum absolute atomic E-state index is 0.0580. The molecule has 2 aromatic carbocycles. The first-order chi connectivity index (χ1) is 8.96. The lowest BCUT2D eigenvalue weighted by Crippen LogP contribution is -2.24. The lowest BCUT2D eigenvalue weighted by molar-refractivity contribution is -0.133. The Balaban J connectivity index is 2.03. The van der Waals surface area contributed by atoms with Crippen LogP contribution in [0.15, 0.2) is 42.5 Å². The Hall–Kier alpha value is -1.55. The fourth-order valence-corrected chi connectivity index (χ4v) is 2.03. The zero-order chi connectivity index (χ0) is 13.9. The van der Waals surface area contributed by atoms with Crippen molar-refractivity contribution in [1.29, 1.82) is 0 Å². The lowest BCUT2D eigenvalue weighted by atomic mass is 10.0. The van der Waals surface area contributed by atoms with E-state index in [9.17, 15) is 13.2 Å². The average molecular weight is 267 g/mol. The van der Waals surface area contributed by atoms with E-state index in [1.165, 1.54) is 0 Å². The highest BCUT2D eigenvalue weighted by Gasteiger charge is 2.26. The number of fused-ring (bicyclic) bond motifs is 1. The van der Waals surface area contributed by atoms with Crippen LogP contribution in [0.2, 0.25) is 0 Å². The number of nitrogens with one attached hydrogen (secondary N) is 1. The molecule has 4 heteroatoms. The van der Waals surface area contributed by atoms with E-state index in [-0.39, 0.29) is 12.6 Å². The maximum atomic E-state index is 12.1. The Morgan fingerprint density at radius 2 is 1.74 bits per heavy atom. The van der Waals surface area contributed by atoms with Gasteiger partial charge in [-0.1, -0.05) is 36.4 Å². The van der Waals surface area contributed by atoms with Gasteiger partial charge in [0.05, 0.1) is 6.42 Å². The molecular formula is C15H16F3N. The third-order valence-corrected chi connectivity index (χ3v) is 3.13. The van der Waals surface area contributed by atoms with E-state index < -0.39 is 12.6 Å². The quantitative estimate of drug-likeness (QED) is 0.863. The maximum absolute atomic E-state index is 12.1. The predicted molar refractivity (Wildman–Crippen MR) is 71.0 cm³/mol. The number of hydrogen-bond donors (Lipinski definition) is 1. The molecule has 1 nitrogen and oxygen atoms in total. The van der Waals surface area contributed by atoms with E-state index in [4.69, 9.17) is 0 Å². The number of halogens is 3. The molecule has 0 aliphatic rings. The molecule has 1 N–H and O–H groups in total. The van der Waals surface area contributed by atoms with E-state index in [1.807, 2.05) is 49.4 Å². The molecule has 0 aliphatic carbocycles. The summed E-state index contributed by atoms with van der Waals surface area (Å²) < 4.78 is 36.2. The van der Waals surface area contributed by atoms with Crippen LogP contribution in [0.3, 0.4) is 0 Å². The van der Waals surface area contributed by atoms with Crippen molar-refractivity contribution in [1.82, 2.24) is 5.32 Å². The van der Waals surface area contributed by atoms with Gasteiger partial charge in [-0.25, -0.2) is 0 Å². The zero-order valence-electron chi connectivity index (χ0n) is 10.7. The largest absolute Gasteiger partial charge is 0.390 e. The van der Waals surface area contributed by atoms with Gasteiger partial charge in [0, 0.05) is 12.6 Å². The Morgan fingerprint density at radius 1 is 1.05 bits per heavy atom. The predicted octanol–water partition coefficient (Wildman–Crippen LogP) is 4.44. The first-order valence-corrected chi connectivity index (χ1v) is 6.24. The lowest BCUT2D eigenvalue weighted by Gasteiger charge is -2.15. The second kappa shape index (κ2) is 5.61. The van der Waals surface area contributed by atoms with Gasteiger partial charge in [-0.2, -0.15) is 13.2 Å². The highest BCUT2D eigenvalue weighted by Crippen LogP contribution is 2.22. The topological polar surface area (TPSA) is 12.0 Å².